The maximum Gasteiger partial charge on any atom is 0.245 e. The Kier molecular flexibility index (Phi) is 18.3. The smallest absolute Gasteiger partial charge is 0.245 e. The Hall–Kier alpha value is -5.10. The molecule has 73 heavy (non-hydrogen) atoms. The van der Waals surface area contributed by atoms with Gasteiger partial charge in [0.1, 0.15) is 48.1 Å². The van der Waals surface area contributed by atoms with Gasteiger partial charge < -0.3 is 75.6 Å². The van der Waals surface area contributed by atoms with Gasteiger partial charge >= 0.3 is 0 Å². The molecule has 0 saturated carbocycles. The number of likely N-dealkylation sites (tertiary alicyclic amines) is 2. The van der Waals surface area contributed by atoms with E-state index < -0.39 is 97.1 Å². The van der Waals surface area contributed by atoms with E-state index in [0.717, 1.165) is 0 Å². The molecule has 2 aromatic heterocycles. The molecule has 402 valence electrons. The van der Waals surface area contributed by atoms with Crippen molar-refractivity contribution in [3.8, 4) is 11.4 Å². The first-order valence-corrected chi connectivity index (χ1v) is 25.5. The number of rotatable bonds is 21. The van der Waals surface area contributed by atoms with Gasteiger partial charge in [0.15, 0.2) is 6.23 Å². The Labute approximate surface area is 423 Å². The summed E-state index contributed by atoms with van der Waals surface area (Å²) in [5, 5.41) is 67.0. The second kappa shape index (κ2) is 24.1. The Balaban J connectivity index is 1.41. The molecule has 19 nitrogen and oxygen atoms in total. The first-order valence-electron chi connectivity index (χ1n) is 25.5. The lowest BCUT2D eigenvalue weighted by Crippen LogP contribution is -2.56. The number of nitrogens with zero attached hydrogens (tertiary/aromatic N) is 3. The predicted octanol–water partition coefficient (Wildman–Crippen LogP) is 1.74. The molecule has 3 fully saturated rings. The maximum atomic E-state index is 15.8. The van der Waals surface area contributed by atoms with Crippen molar-refractivity contribution >= 4 is 45.4 Å². The molecule has 13 atom stereocenters. The summed E-state index contributed by atoms with van der Waals surface area (Å²) in [5.41, 5.74) is 2.53. The SMILES string of the molecule is CN[C@@H](C)C(=O)N[C@@H](C[C@@H](C)CO)C(=O)N1CCC[C@H]1Cc1c(-c2c(C[C@@H]3CCCN3C(=O)[C@H](C[C@H](C)OC)NC(=O)[C@H](C)NC)c3cc(F)ccc3n2C2O[C@H](CO)[C@H](O)[C@H](O)[C@H]2O)[nH]c2ccc(F)cc12. The number of H-pyrrole nitrogens is 1. The van der Waals surface area contributed by atoms with Gasteiger partial charge in [0.05, 0.1) is 41.7 Å². The van der Waals surface area contributed by atoms with Gasteiger partial charge in [0.2, 0.25) is 23.6 Å². The van der Waals surface area contributed by atoms with E-state index in [4.69, 9.17) is 9.47 Å². The zero-order chi connectivity index (χ0) is 53.0. The van der Waals surface area contributed by atoms with Gasteiger partial charge in [-0.15, -0.1) is 0 Å². The fraction of sp³-hybridized carbons (Fsp3) is 0.615. The number of carbonyl (C=O) groups excluding carboxylic acids is 4. The van der Waals surface area contributed by atoms with Crippen LogP contribution < -0.4 is 21.3 Å². The van der Waals surface area contributed by atoms with Crippen molar-refractivity contribution < 1.29 is 63.0 Å². The highest BCUT2D eigenvalue weighted by Crippen LogP contribution is 2.45. The predicted molar refractivity (Wildman–Crippen MR) is 268 cm³/mol. The Morgan fingerprint density at radius 1 is 0.767 bits per heavy atom. The number of aliphatic hydroxyl groups excluding tert-OH is 5. The van der Waals surface area contributed by atoms with E-state index in [2.05, 4.69) is 26.3 Å². The summed E-state index contributed by atoms with van der Waals surface area (Å²) in [4.78, 5) is 63.0. The first-order chi connectivity index (χ1) is 34.8. The van der Waals surface area contributed by atoms with Gasteiger partial charge in [-0.3, -0.25) is 19.2 Å². The molecule has 21 heteroatoms. The molecule has 0 aliphatic carbocycles. The number of aliphatic hydroxyl groups is 5. The molecule has 5 heterocycles. The number of halogens is 2. The fourth-order valence-corrected chi connectivity index (χ4v) is 10.8. The van der Waals surface area contributed by atoms with Gasteiger partial charge in [-0.2, -0.15) is 0 Å². The van der Waals surface area contributed by atoms with E-state index in [1.165, 1.54) is 37.4 Å². The molecule has 0 spiro atoms. The first kappa shape index (κ1) is 55.6. The number of hydrogen-bond acceptors (Lipinski definition) is 13. The molecule has 2 aromatic carbocycles. The number of amides is 4. The third-order valence-electron chi connectivity index (χ3n) is 15.3. The van der Waals surface area contributed by atoms with E-state index in [9.17, 15) is 44.7 Å². The molecule has 3 aliphatic heterocycles. The van der Waals surface area contributed by atoms with Crippen LogP contribution >= 0.6 is 0 Å². The zero-order valence-electron chi connectivity index (χ0n) is 42.7. The van der Waals surface area contributed by atoms with Crippen LogP contribution in [0.3, 0.4) is 0 Å². The molecule has 1 unspecified atom stereocenters. The minimum absolute atomic E-state index is 0.0888. The van der Waals surface area contributed by atoms with E-state index in [1.54, 1.807) is 62.2 Å². The Morgan fingerprint density at radius 2 is 1.32 bits per heavy atom. The molecule has 10 N–H and O–H groups in total. The number of ether oxygens (including phenoxy) is 2. The molecule has 3 aliphatic rings. The van der Waals surface area contributed by atoms with Crippen LogP contribution in [0.2, 0.25) is 0 Å². The summed E-state index contributed by atoms with van der Waals surface area (Å²) in [6, 6.07) is 4.09. The highest BCUT2D eigenvalue weighted by Gasteiger charge is 2.47. The number of benzene rings is 2. The van der Waals surface area contributed by atoms with Crippen molar-refractivity contribution in [2.45, 2.75) is 152 Å². The molecular weight excluding hydrogens is 951 g/mol. The van der Waals surface area contributed by atoms with Gasteiger partial charge in [-0.05, 0) is 133 Å². The van der Waals surface area contributed by atoms with Gasteiger partial charge in [0, 0.05) is 61.6 Å². The average molecular weight is 1030 g/mol. The lowest BCUT2D eigenvalue weighted by atomic mass is 9.94. The number of likely N-dealkylation sites (N-methyl/N-ethyl adjacent to an activating group) is 2. The second-order valence-electron chi connectivity index (χ2n) is 20.3. The summed E-state index contributed by atoms with van der Waals surface area (Å²) < 4.78 is 44.9. The molecule has 7 rings (SSSR count). The molecule has 4 amide bonds. The maximum absolute atomic E-state index is 15.8. The largest absolute Gasteiger partial charge is 0.396 e. The highest BCUT2D eigenvalue weighted by molar-refractivity contribution is 5.98. The second-order valence-corrected chi connectivity index (χ2v) is 20.3. The topological polar surface area (TPSA) is 263 Å². The zero-order valence-corrected chi connectivity index (χ0v) is 42.7. The number of fused-ring (bicyclic) bond motifs is 2. The van der Waals surface area contributed by atoms with Crippen molar-refractivity contribution in [1.82, 2.24) is 40.6 Å². The van der Waals surface area contributed by atoms with E-state index in [1.807, 2.05) is 0 Å². The number of methoxy groups -OCH3 is 1. The van der Waals surface area contributed by atoms with Crippen LogP contribution in [0, 0.1) is 17.6 Å². The summed E-state index contributed by atoms with van der Waals surface area (Å²) in [5.74, 6) is -2.96. The van der Waals surface area contributed by atoms with Crippen molar-refractivity contribution in [2.75, 3.05) is 47.5 Å². The third-order valence-corrected chi connectivity index (χ3v) is 15.3. The normalized spacial score (nSPS) is 24.9. The van der Waals surface area contributed by atoms with Gasteiger partial charge in [-0.1, -0.05) is 6.92 Å². The monoisotopic (exact) mass is 1020 g/mol. The fourth-order valence-electron chi connectivity index (χ4n) is 10.8. The molecular formula is C52H74F2N8O11. The van der Waals surface area contributed by atoms with Crippen molar-refractivity contribution in [2.24, 2.45) is 5.92 Å². The molecule has 0 bridgehead atoms. The highest BCUT2D eigenvalue weighted by atomic mass is 19.1. The number of aromatic amines is 1. The summed E-state index contributed by atoms with van der Waals surface area (Å²) in [6.07, 6.45) is -5.82. The van der Waals surface area contributed by atoms with Crippen molar-refractivity contribution in [3.05, 3.63) is 59.2 Å². The average Bonchev–Trinajstić information content (AvgIpc) is 4.19. The molecule has 0 radical (unpaired) electrons. The van der Waals surface area contributed by atoms with E-state index >= 15 is 8.78 Å². The van der Waals surface area contributed by atoms with Crippen LogP contribution in [0.25, 0.3) is 33.2 Å². The van der Waals surface area contributed by atoms with Crippen molar-refractivity contribution in [1.29, 1.82) is 0 Å². The number of carbonyl (C=O) groups is 4. The van der Waals surface area contributed by atoms with Crippen LogP contribution in [-0.2, 0) is 41.5 Å². The minimum atomic E-state index is -1.81. The van der Waals surface area contributed by atoms with E-state index in [-0.39, 0.29) is 55.9 Å². The van der Waals surface area contributed by atoms with Crippen LogP contribution in [0.1, 0.15) is 83.6 Å². The lowest BCUT2D eigenvalue weighted by molar-refractivity contribution is -0.249. The van der Waals surface area contributed by atoms with Crippen LogP contribution in [-0.4, -0.2) is 183 Å². The lowest BCUT2D eigenvalue weighted by Gasteiger charge is -2.41. The van der Waals surface area contributed by atoms with Gasteiger partial charge in [0.25, 0.3) is 0 Å². The summed E-state index contributed by atoms with van der Waals surface area (Å²) >= 11 is 0. The van der Waals surface area contributed by atoms with Crippen LogP contribution in [0.15, 0.2) is 36.4 Å². The van der Waals surface area contributed by atoms with Gasteiger partial charge in [-0.25, -0.2) is 8.78 Å². The number of aromatic nitrogens is 2. The standard InChI is InChI=1S/C52H74F2N8O11/c1-26(24-63)18-39(58-48(68)28(3)55-5)50(70)60-16-8-10-32(60)22-36-34-20-30(53)12-14-38(34)57-43(36)44-37(23-33-11-9-17-61(33)51(71)40(19-27(2)72-7)59-49(69)29(4)56-6)35-21-31(54)13-15-41(35)62(44)52-47(67)46(66)45(65)42(25-64)73-52/h12-15,20-21,26-29,32-33,39-40,42,45-47,52,55-57,63-67H,8-11,16-19,22-25H2,1-7H3,(H,58,68)(H,59,69)/t26-,27+,28+,29+,32+,33+,39+,40+,42-,45+,46+,47-,52?/m1/s1. The van der Waals surface area contributed by atoms with Crippen LogP contribution in [0.5, 0.6) is 0 Å². The summed E-state index contributed by atoms with van der Waals surface area (Å²) in [7, 11) is 4.79. The van der Waals surface area contributed by atoms with Crippen molar-refractivity contribution in [3.63, 3.8) is 0 Å². The number of hydrogen-bond donors (Lipinski definition) is 10. The van der Waals surface area contributed by atoms with Crippen LogP contribution in [0.4, 0.5) is 8.78 Å². The molecule has 4 aromatic rings. The molecule has 3 saturated heterocycles. The third kappa shape index (κ3) is 11.7. The Morgan fingerprint density at radius 3 is 1.86 bits per heavy atom. The quantitative estimate of drug-likeness (QED) is 0.0571. The Bertz CT molecular complexity index is 2590. The number of nitrogens with one attached hydrogen (secondary N) is 5. The summed E-state index contributed by atoms with van der Waals surface area (Å²) in [6.45, 7) is 6.66. The minimum Gasteiger partial charge on any atom is -0.396 e. The van der Waals surface area contributed by atoms with E-state index in [0.29, 0.717) is 83.1 Å².